The zero-order chi connectivity index (χ0) is 13.6. The normalized spacial score (nSPS) is 29.5. The third kappa shape index (κ3) is 6.22. The van der Waals surface area contributed by atoms with Gasteiger partial charge in [0.1, 0.15) is 0 Å². The second-order valence-electron chi connectivity index (χ2n) is 7.69. The summed E-state index contributed by atoms with van der Waals surface area (Å²) in [5.41, 5.74) is 0.507. The van der Waals surface area contributed by atoms with Crippen molar-refractivity contribution in [2.24, 2.45) is 17.3 Å². The number of hydrogen-bond donors (Lipinski definition) is 1. The van der Waals surface area contributed by atoms with E-state index in [2.05, 4.69) is 39.9 Å². The molecule has 0 bridgehead atoms. The first-order chi connectivity index (χ1) is 8.42. The van der Waals surface area contributed by atoms with E-state index in [1.807, 2.05) is 0 Å². The van der Waals surface area contributed by atoms with Crippen molar-refractivity contribution in [3.8, 4) is 0 Å². The molecule has 0 aliphatic heterocycles. The quantitative estimate of drug-likeness (QED) is 0.702. The maximum atomic E-state index is 3.79. The van der Waals surface area contributed by atoms with Gasteiger partial charge in [-0.2, -0.15) is 0 Å². The van der Waals surface area contributed by atoms with Crippen molar-refractivity contribution < 1.29 is 0 Å². The Morgan fingerprint density at radius 3 is 2.50 bits per heavy atom. The fraction of sp³-hybridized carbons (Fsp3) is 1.00. The molecule has 1 aliphatic carbocycles. The molecule has 0 amide bonds. The van der Waals surface area contributed by atoms with Gasteiger partial charge >= 0.3 is 0 Å². The van der Waals surface area contributed by atoms with E-state index in [1.54, 1.807) is 0 Å². The molecule has 1 rings (SSSR count). The molecule has 1 nitrogen and oxygen atoms in total. The monoisotopic (exact) mass is 253 g/mol. The van der Waals surface area contributed by atoms with Crippen LogP contribution in [-0.4, -0.2) is 12.6 Å². The molecule has 108 valence electrons. The van der Waals surface area contributed by atoms with E-state index in [0.29, 0.717) is 5.41 Å². The Kier molecular flexibility index (Phi) is 6.70. The van der Waals surface area contributed by atoms with Crippen molar-refractivity contribution in [1.82, 2.24) is 5.32 Å². The molecule has 3 atom stereocenters. The van der Waals surface area contributed by atoms with E-state index in [1.165, 1.54) is 51.5 Å². The van der Waals surface area contributed by atoms with Crippen LogP contribution < -0.4 is 5.32 Å². The van der Waals surface area contributed by atoms with Crippen LogP contribution in [0.4, 0.5) is 0 Å². The Morgan fingerprint density at radius 1 is 1.17 bits per heavy atom. The summed E-state index contributed by atoms with van der Waals surface area (Å²) in [7, 11) is 0. The lowest BCUT2D eigenvalue weighted by molar-refractivity contribution is 0.193. The Morgan fingerprint density at radius 2 is 1.89 bits per heavy atom. The summed E-state index contributed by atoms with van der Waals surface area (Å²) in [6.45, 7) is 13.0. The zero-order valence-electron chi connectivity index (χ0n) is 13.4. The van der Waals surface area contributed by atoms with Gasteiger partial charge in [-0.1, -0.05) is 41.0 Å². The van der Waals surface area contributed by atoms with Crippen LogP contribution in [-0.2, 0) is 0 Å². The SMILES string of the molecule is CCCNC1CCC(C)CC1CCCC(C)(C)C. The minimum Gasteiger partial charge on any atom is -0.314 e. The molecule has 0 aromatic carbocycles. The molecule has 0 aromatic rings. The maximum absolute atomic E-state index is 3.79. The topological polar surface area (TPSA) is 12.0 Å². The Bertz CT molecular complexity index is 214. The Labute approximate surface area is 115 Å². The second-order valence-corrected chi connectivity index (χ2v) is 7.69. The Balaban J connectivity index is 2.36. The summed E-state index contributed by atoms with van der Waals surface area (Å²) in [6, 6.07) is 0.807. The summed E-state index contributed by atoms with van der Waals surface area (Å²) < 4.78 is 0. The molecule has 1 N–H and O–H groups in total. The van der Waals surface area contributed by atoms with Crippen LogP contribution in [0, 0.1) is 17.3 Å². The first kappa shape index (κ1) is 16.0. The third-order valence-electron chi connectivity index (χ3n) is 4.40. The number of hydrogen-bond acceptors (Lipinski definition) is 1. The third-order valence-corrected chi connectivity index (χ3v) is 4.40. The van der Waals surface area contributed by atoms with Gasteiger partial charge in [-0.25, -0.2) is 0 Å². The lowest BCUT2D eigenvalue weighted by atomic mass is 9.75. The minimum atomic E-state index is 0.507. The largest absolute Gasteiger partial charge is 0.314 e. The van der Waals surface area contributed by atoms with E-state index in [0.717, 1.165) is 17.9 Å². The van der Waals surface area contributed by atoms with Crippen molar-refractivity contribution in [3.63, 3.8) is 0 Å². The fourth-order valence-electron chi connectivity index (χ4n) is 3.31. The molecular weight excluding hydrogens is 218 g/mol. The van der Waals surface area contributed by atoms with E-state index < -0.39 is 0 Å². The van der Waals surface area contributed by atoms with Crippen LogP contribution in [0.5, 0.6) is 0 Å². The molecular formula is C17H35N. The van der Waals surface area contributed by atoms with Gasteiger partial charge in [-0.15, -0.1) is 0 Å². The predicted octanol–water partition coefficient (Wildman–Crippen LogP) is 5.01. The molecule has 18 heavy (non-hydrogen) atoms. The average Bonchev–Trinajstić information content (AvgIpc) is 2.26. The maximum Gasteiger partial charge on any atom is 0.00955 e. The van der Waals surface area contributed by atoms with Gasteiger partial charge in [-0.3, -0.25) is 0 Å². The van der Waals surface area contributed by atoms with Gasteiger partial charge in [0.2, 0.25) is 0 Å². The standard InChI is InChI=1S/C17H35N/c1-6-12-18-16-10-9-14(2)13-15(16)8-7-11-17(3,4)5/h14-16,18H,6-13H2,1-5H3. The average molecular weight is 253 g/mol. The van der Waals surface area contributed by atoms with Crippen LogP contribution >= 0.6 is 0 Å². The molecule has 0 aromatic heterocycles. The van der Waals surface area contributed by atoms with Crippen LogP contribution in [0.25, 0.3) is 0 Å². The van der Waals surface area contributed by atoms with Crippen LogP contribution in [0.2, 0.25) is 0 Å². The van der Waals surface area contributed by atoms with E-state index >= 15 is 0 Å². The van der Waals surface area contributed by atoms with Crippen LogP contribution in [0.1, 0.15) is 79.6 Å². The van der Waals surface area contributed by atoms with Gasteiger partial charge in [0.25, 0.3) is 0 Å². The summed E-state index contributed by atoms with van der Waals surface area (Å²) in [5.74, 6) is 1.88. The summed E-state index contributed by atoms with van der Waals surface area (Å²) >= 11 is 0. The summed E-state index contributed by atoms with van der Waals surface area (Å²) in [5, 5.41) is 3.79. The molecule has 3 unspecified atom stereocenters. The lowest BCUT2D eigenvalue weighted by Crippen LogP contribution is -2.40. The molecule has 1 saturated carbocycles. The molecule has 0 heterocycles. The summed E-state index contributed by atoms with van der Waals surface area (Å²) in [4.78, 5) is 0. The highest BCUT2D eigenvalue weighted by atomic mass is 14.9. The van der Waals surface area contributed by atoms with E-state index in [9.17, 15) is 0 Å². The van der Waals surface area contributed by atoms with Gasteiger partial charge in [0.05, 0.1) is 0 Å². The first-order valence-corrected chi connectivity index (χ1v) is 8.15. The summed E-state index contributed by atoms with van der Waals surface area (Å²) in [6.07, 6.45) is 9.76. The van der Waals surface area contributed by atoms with Crippen molar-refractivity contribution in [1.29, 1.82) is 0 Å². The van der Waals surface area contributed by atoms with Gasteiger partial charge in [0.15, 0.2) is 0 Å². The lowest BCUT2D eigenvalue weighted by Gasteiger charge is -2.36. The number of nitrogens with one attached hydrogen (secondary N) is 1. The fourth-order valence-corrected chi connectivity index (χ4v) is 3.31. The van der Waals surface area contributed by atoms with Crippen molar-refractivity contribution >= 4 is 0 Å². The van der Waals surface area contributed by atoms with Crippen molar-refractivity contribution in [3.05, 3.63) is 0 Å². The molecule has 0 spiro atoms. The zero-order valence-corrected chi connectivity index (χ0v) is 13.4. The highest BCUT2D eigenvalue weighted by Gasteiger charge is 2.27. The van der Waals surface area contributed by atoms with E-state index in [4.69, 9.17) is 0 Å². The van der Waals surface area contributed by atoms with Crippen LogP contribution in [0.3, 0.4) is 0 Å². The van der Waals surface area contributed by atoms with E-state index in [-0.39, 0.29) is 0 Å². The predicted molar refractivity (Wildman–Crippen MR) is 81.9 cm³/mol. The highest BCUT2D eigenvalue weighted by Crippen LogP contribution is 2.33. The van der Waals surface area contributed by atoms with Gasteiger partial charge in [-0.05, 0) is 62.3 Å². The minimum absolute atomic E-state index is 0.507. The molecule has 1 heteroatoms. The molecule has 1 aliphatic rings. The molecule has 0 radical (unpaired) electrons. The smallest absolute Gasteiger partial charge is 0.00955 e. The van der Waals surface area contributed by atoms with Gasteiger partial charge < -0.3 is 5.32 Å². The number of rotatable bonds is 6. The molecule has 0 saturated heterocycles. The first-order valence-electron chi connectivity index (χ1n) is 8.15. The van der Waals surface area contributed by atoms with Crippen molar-refractivity contribution in [2.45, 2.75) is 85.6 Å². The molecule has 1 fully saturated rings. The highest BCUT2D eigenvalue weighted by molar-refractivity contribution is 4.83. The van der Waals surface area contributed by atoms with Crippen molar-refractivity contribution in [2.75, 3.05) is 6.54 Å². The van der Waals surface area contributed by atoms with Gasteiger partial charge in [0, 0.05) is 6.04 Å². The second kappa shape index (κ2) is 7.53. The van der Waals surface area contributed by atoms with Crippen LogP contribution in [0.15, 0.2) is 0 Å². The Hall–Kier alpha value is -0.0400.